The van der Waals surface area contributed by atoms with Crippen molar-refractivity contribution in [1.82, 2.24) is 34.4 Å². The fraction of sp³-hybridized carbons (Fsp3) is 0.435. The topological polar surface area (TPSA) is 104 Å². The van der Waals surface area contributed by atoms with Crippen LogP contribution in [-0.2, 0) is 4.79 Å². The molecule has 1 saturated carbocycles. The van der Waals surface area contributed by atoms with Gasteiger partial charge in [-0.25, -0.2) is 4.98 Å². The second kappa shape index (κ2) is 7.89. The molecule has 2 fully saturated rings. The van der Waals surface area contributed by atoms with Gasteiger partial charge in [-0.15, -0.1) is 10.2 Å². The zero-order chi connectivity index (χ0) is 21.5. The van der Waals surface area contributed by atoms with Gasteiger partial charge < -0.3 is 15.2 Å². The number of anilines is 1. The van der Waals surface area contributed by atoms with E-state index in [2.05, 4.69) is 30.4 Å². The van der Waals surface area contributed by atoms with Gasteiger partial charge in [0, 0.05) is 60.2 Å². The van der Waals surface area contributed by atoms with Gasteiger partial charge in [0.2, 0.25) is 11.9 Å². The molecule has 1 amide bonds. The van der Waals surface area contributed by atoms with E-state index in [9.17, 15) is 4.79 Å². The van der Waals surface area contributed by atoms with Crippen molar-refractivity contribution in [2.45, 2.75) is 44.6 Å². The van der Waals surface area contributed by atoms with Crippen LogP contribution in [0.5, 0.6) is 0 Å². The second-order valence-corrected chi connectivity index (χ2v) is 8.90. The van der Waals surface area contributed by atoms with Crippen LogP contribution in [0.4, 0.5) is 5.95 Å². The molecular weight excluding hydrogens is 404 g/mol. The van der Waals surface area contributed by atoms with Crippen molar-refractivity contribution < 1.29 is 4.79 Å². The van der Waals surface area contributed by atoms with Crippen molar-refractivity contribution in [3.05, 3.63) is 37.1 Å². The predicted octanol–water partition coefficient (Wildman–Crippen LogP) is 3.26. The number of hydrogen-bond donors (Lipinski definition) is 2. The highest BCUT2D eigenvalue weighted by Gasteiger charge is 2.30. The summed E-state index contributed by atoms with van der Waals surface area (Å²) in [4.78, 5) is 27.3. The minimum absolute atomic E-state index is 0.184. The molecule has 0 atom stereocenters. The molecule has 2 N–H and O–H groups in total. The predicted molar refractivity (Wildman–Crippen MR) is 121 cm³/mol. The third-order valence-electron chi connectivity index (χ3n) is 6.86. The van der Waals surface area contributed by atoms with E-state index >= 15 is 0 Å². The highest BCUT2D eigenvalue weighted by atomic mass is 16.2. The van der Waals surface area contributed by atoms with Gasteiger partial charge in [-0.3, -0.25) is 9.20 Å². The Bertz CT molecular complexity index is 1260. The van der Waals surface area contributed by atoms with E-state index < -0.39 is 0 Å². The zero-order valence-electron chi connectivity index (χ0n) is 17.9. The number of nitrogens with one attached hydrogen (secondary N) is 2. The molecule has 4 aromatic heterocycles. The molecule has 9 heteroatoms. The van der Waals surface area contributed by atoms with Crippen molar-refractivity contribution in [2.75, 3.05) is 18.4 Å². The van der Waals surface area contributed by atoms with E-state index in [0.29, 0.717) is 17.9 Å². The Morgan fingerprint density at radius 3 is 2.81 bits per heavy atom. The van der Waals surface area contributed by atoms with Crippen molar-refractivity contribution in [2.24, 2.45) is 5.92 Å². The average molecular weight is 431 g/mol. The lowest BCUT2D eigenvalue weighted by atomic mass is 9.85. The van der Waals surface area contributed by atoms with E-state index in [1.165, 1.54) is 0 Å². The van der Waals surface area contributed by atoms with Crippen LogP contribution in [0.25, 0.3) is 27.8 Å². The lowest BCUT2D eigenvalue weighted by molar-refractivity contribution is -0.135. The third kappa shape index (κ3) is 3.47. The number of aromatic amines is 1. The van der Waals surface area contributed by atoms with Crippen molar-refractivity contribution in [1.29, 1.82) is 0 Å². The summed E-state index contributed by atoms with van der Waals surface area (Å²) >= 11 is 0. The van der Waals surface area contributed by atoms with Crippen molar-refractivity contribution in [3.8, 4) is 11.1 Å². The molecule has 164 valence electrons. The maximum Gasteiger partial charge on any atom is 0.225 e. The molecule has 0 unspecified atom stereocenters. The summed E-state index contributed by atoms with van der Waals surface area (Å²) in [6.45, 7) is 1.88. The Balaban J connectivity index is 1.14. The Morgan fingerprint density at radius 2 is 1.97 bits per heavy atom. The highest BCUT2D eigenvalue weighted by Crippen LogP contribution is 2.30. The van der Waals surface area contributed by atoms with Gasteiger partial charge in [-0.1, -0.05) is 0 Å². The van der Waals surface area contributed by atoms with Crippen LogP contribution in [0.3, 0.4) is 0 Å². The average Bonchev–Trinajstić information content (AvgIpc) is 3.59. The first kappa shape index (κ1) is 19.2. The van der Waals surface area contributed by atoms with Crippen LogP contribution < -0.4 is 5.32 Å². The third-order valence-corrected chi connectivity index (χ3v) is 6.86. The minimum atomic E-state index is 0.184. The molecule has 5 heterocycles. The molecule has 1 aliphatic heterocycles. The van der Waals surface area contributed by atoms with Crippen LogP contribution in [0.1, 0.15) is 38.5 Å². The first-order chi connectivity index (χ1) is 15.7. The largest absolute Gasteiger partial charge is 0.351 e. The number of carbonyl (C=O) groups is 1. The molecule has 1 aliphatic carbocycles. The Morgan fingerprint density at radius 1 is 1.12 bits per heavy atom. The zero-order valence-corrected chi connectivity index (χ0v) is 17.9. The van der Waals surface area contributed by atoms with Gasteiger partial charge in [0.15, 0.2) is 5.65 Å². The number of pyridine rings is 1. The first-order valence-corrected chi connectivity index (χ1v) is 11.4. The summed E-state index contributed by atoms with van der Waals surface area (Å²) in [5, 5.41) is 12.5. The molecule has 0 radical (unpaired) electrons. The number of nitrogens with zero attached hydrogens (tertiary/aromatic N) is 6. The van der Waals surface area contributed by atoms with E-state index in [4.69, 9.17) is 4.98 Å². The highest BCUT2D eigenvalue weighted by molar-refractivity contribution is 5.93. The quantitative estimate of drug-likeness (QED) is 0.515. The molecule has 1 saturated heterocycles. The fourth-order valence-corrected chi connectivity index (χ4v) is 5.07. The molecule has 0 aromatic carbocycles. The van der Waals surface area contributed by atoms with Crippen molar-refractivity contribution >= 4 is 28.5 Å². The SMILES string of the molecule is O=C([C@H]1CC[C@@H](Nc2ncc3c(-c4ccc5nncn5c4)c[nH]c3n2)CC1)N1CCCC1. The van der Waals surface area contributed by atoms with Crippen molar-refractivity contribution in [3.63, 3.8) is 0 Å². The molecule has 9 nitrogen and oxygen atoms in total. The van der Waals surface area contributed by atoms with E-state index in [1.54, 1.807) is 6.33 Å². The maximum atomic E-state index is 12.7. The smallest absolute Gasteiger partial charge is 0.225 e. The molecule has 6 rings (SSSR count). The number of rotatable bonds is 4. The van der Waals surface area contributed by atoms with Crippen LogP contribution in [0.2, 0.25) is 0 Å². The fourth-order valence-electron chi connectivity index (χ4n) is 5.07. The Labute approximate surface area is 185 Å². The van der Waals surface area contributed by atoms with Crippen LogP contribution in [-0.4, -0.2) is 59.5 Å². The molecular formula is C23H26N8O. The van der Waals surface area contributed by atoms with Gasteiger partial charge in [0.1, 0.15) is 12.0 Å². The summed E-state index contributed by atoms with van der Waals surface area (Å²) in [5.41, 5.74) is 3.71. The van der Waals surface area contributed by atoms with Crippen LogP contribution in [0, 0.1) is 5.92 Å². The summed E-state index contributed by atoms with van der Waals surface area (Å²) < 4.78 is 1.90. The summed E-state index contributed by atoms with van der Waals surface area (Å²) in [5.74, 6) is 1.18. The summed E-state index contributed by atoms with van der Waals surface area (Å²) in [6, 6.07) is 4.28. The number of carbonyl (C=O) groups excluding carboxylic acids is 1. The van der Waals surface area contributed by atoms with E-state index in [-0.39, 0.29) is 5.92 Å². The van der Waals surface area contributed by atoms with Crippen LogP contribution >= 0.6 is 0 Å². The van der Waals surface area contributed by atoms with E-state index in [1.807, 2.05) is 35.1 Å². The summed E-state index contributed by atoms with van der Waals surface area (Å²) in [6.07, 6.45) is 13.7. The lowest BCUT2D eigenvalue weighted by Crippen LogP contribution is -2.37. The summed E-state index contributed by atoms with van der Waals surface area (Å²) in [7, 11) is 0. The maximum absolute atomic E-state index is 12.7. The van der Waals surface area contributed by atoms with E-state index in [0.717, 1.165) is 79.4 Å². The van der Waals surface area contributed by atoms with Gasteiger partial charge in [-0.2, -0.15) is 4.98 Å². The van der Waals surface area contributed by atoms with Gasteiger partial charge in [-0.05, 0) is 50.7 Å². The van der Waals surface area contributed by atoms with Gasteiger partial charge in [0.05, 0.1) is 0 Å². The van der Waals surface area contributed by atoms with Crippen LogP contribution in [0.15, 0.2) is 37.1 Å². The Hall–Kier alpha value is -3.49. The number of amides is 1. The standard InChI is InChI=1S/C23H26N8O/c32-22(30-9-1-2-10-30)15-3-6-17(7-4-15)27-23-25-12-19-18(11-24-21(19)28-23)16-5-8-20-29-26-14-31(20)13-16/h5,8,11-15,17H,1-4,6-7,9-10H2,(H2,24,25,27,28)/t15-,17+. The number of H-pyrrole nitrogens is 1. The Kier molecular flexibility index (Phi) is 4.74. The molecule has 0 bridgehead atoms. The molecule has 4 aromatic rings. The molecule has 32 heavy (non-hydrogen) atoms. The van der Waals surface area contributed by atoms with Gasteiger partial charge in [0.25, 0.3) is 0 Å². The minimum Gasteiger partial charge on any atom is -0.351 e. The lowest BCUT2D eigenvalue weighted by Gasteiger charge is -2.30. The number of aromatic nitrogens is 6. The number of fused-ring (bicyclic) bond motifs is 2. The first-order valence-electron chi connectivity index (χ1n) is 11.4. The number of likely N-dealkylation sites (tertiary alicyclic amines) is 1. The number of hydrogen-bond acceptors (Lipinski definition) is 6. The second-order valence-electron chi connectivity index (χ2n) is 8.90. The molecule has 2 aliphatic rings. The normalized spacial score (nSPS) is 21.4. The molecule has 0 spiro atoms. The van der Waals surface area contributed by atoms with Gasteiger partial charge >= 0.3 is 0 Å². The monoisotopic (exact) mass is 430 g/mol.